The van der Waals surface area contributed by atoms with Crippen LogP contribution in [0.5, 0.6) is 5.75 Å². The van der Waals surface area contributed by atoms with Crippen LogP contribution in [0.15, 0.2) is 41.1 Å². The Balaban J connectivity index is 1.41. The summed E-state index contributed by atoms with van der Waals surface area (Å²) >= 11 is 6.06. The van der Waals surface area contributed by atoms with Crippen LogP contribution in [0, 0.1) is 5.82 Å². The highest BCUT2D eigenvalue weighted by Crippen LogP contribution is 2.32. The predicted molar refractivity (Wildman–Crippen MR) is 136 cm³/mol. The lowest BCUT2D eigenvalue weighted by atomic mass is 9.93. The van der Waals surface area contributed by atoms with Gasteiger partial charge in [0.15, 0.2) is 5.60 Å². The average Bonchev–Trinajstić information content (AvgIpc) is 3.38. The molecule has 4 rings (SSSR count). The maximum atomic E-state index is 13.4. The number of rotatable bonds is 8. The molecule has 1 N–H and O–H groups in total. The van der Waals surface area contributed by atoms with Crippen molar-refractivity contribution in [1.82, 2.24) is 20.4 Å². The molecular formula is C26H28ClF4N5O3. The minimum absolute atomic E-state index is 0.0741. The molecule has 3 heterocycles. The molecular weight excluding hydrogens is 542 g/mol. The summed E-state index contributed by atoms with van der Waals surface area (Å²) in [5.74, 6) is -1.56. The van der Waals surface area contributed by atoms with Gasteiger partial charge in [-0.3, -0.25) is 4.79 Å². The lowest BCUT2D eigenvalue weighted by Gasteiger charge is -2.41. The number of halogens is 5. The number of carbonyl (C=O) groups is 1. The van der Waals surface area contributed by atoms with E-state index >= 15 is 0 Å². The second kappa shape index (κ2) is 11.4. The number of carbonyl (C=O) groups excluding carboxylic acids is 1. The largest absolute Gasteiger partial charge is 0.476 e. The van der Waals surface area contributed by atoms with Gasteiger partial charge in [0.05, 0.1) is 5.02 Å². The van der Waals surface area contributed by atoms with E-state index in [9.17, 15) is 22.4 Å². The number of nitrogens with one attached hydrogen (secondary N) is 1. The lowest BCUT2D eigenvalue weighted by Crippen LogP contribution is -2.55. The molecule has 1 aliphatic rings. The van der Waals surface area contributed by atoms with Gasteiger partial charge in [0.2, 0.25) is 5.82 Å². The maximum Gasteiger partial charge on any atom is 0.471 e. The standard InChI is InChI=1S/C26H28ClF4N5O3/c1-4-5-18-13-17(33-23(37)25(2,3)38-20-8-7-16(28)12-19(20)27)10-11-36(18)21-9-6-15(14-32-21)22-34-24(39-35-22)26(29,30)31/h6-9,12,14,17-18H,4-5,10-11,13H2,1-3H3,(H,33,37). The van der Waals surface area contributed by atoms with Crippen LogP contribution in [-0.4, -0.2) is 45.3 Å². The van der Waals surface area contributed by atoms with Crippen LogP contribution in [0.2, 0.25) is 5.02 Å². The molecule has 2 aromatic heterocycles. The van der Waals surface area contributed by atoms with Gasteiger partial charge in [0.1, 0.15) is 17.4 Å². The highest BCUT2D eigenvalue weighted by Gasteiger charge is 2.39. The molecule has 8 nitrogen and oxygen atoms in total. The van der Waals surface area contributed by atoms with E-state index in [0.29, 0.717) is 30.8 Å². The Morgan fingerprint density at radius 1 is 1.26 bits per heavy atom. The van der Waals surface area contributed by atoms with Crippen molar-refractivity contribution in [3.63, 3.8) is 0 Å². The summed E-state index contributed by atoms with van der Waals surface area (Å²) in [5.41, 5.74) is -0.951. The molecule has 1 amide bonds. The first-order valence-corrected chi connectivity index (χ1v) is 12.8. The molecule has 1 saturated heterocycles. The van der Waals surface area contributed by atoms with E-state index in [1.165, 1.54) is 18.3 Å². The number of benzene rings is 1. The number of amides is 1. The van der Waals surface area contributed by atoms with Gasteiger partial charge in [0.25, 0.3) is 5.91 Å². The summed E-state index contributed by atoms with van der Waals surface area (Å²) in [6.45, 7) is 5.91. The molecule has 1 aromatic carbocycles. The number of hydrogen-bond acceptors (Lipinski definition) is 7. The van der Waals surface area contributed by atoms with Crippen molar-refractivity contribution in [2.24, 2.45) is 0 Å². The Labute approximate surface area is 227 Å². The molecule has 2 unspecified atom stereocenters. The highest BCUT2D eigenvalue weighted by molar-refractivity contribution is 6.32. The second-order valence-electron chi connectivity index (χ2n) is 9.84. The van der Waals surface area contributed by atoms with Crippen molar-refractivity contribution >= 4 is 23.3 Å². The van der Waals surface area contributed by atoms with E-state index in [2.05, 4.69) is 36.8 Å². The summed E-state index contributed by atoms with van der Waals surface area (Å²) in [6, 6.07) is 6.99. The Hall–Kier alpha value is -3.41. The number of nitrogens with zero attached hydrogens (tertiary/aromatic N) is 4. The van der Waals surface area contributed by atoms with Crippen LogP contribution < -0.4 is 15.0 Å². The Morgan fingerprint density at radius 3 is 2.64 bits per heavy atom. The first-order chi connectivity index (χ1) is 18.4. The van der Waals surface area contributed by atoms with Gasteiger partial charge in [-0.05, 0) is 63.4 Å². The molecule has 1 aliphatic heterocycles. The van der Waals surface area contributed by atoms with Gasteiger partial charge >= 0.3 is 12.1 Å². The van der Waals surface area contributed by atoms with Crippen LogP contribution in [0.1, 0.15) is 52.3 Å². The van der Waals surface area contributed by atoms with Crippen molar-refractivity contribution in [2.75, 3.05) is 11.4 Å². The fourth-order valence-electron chi connectivity index (χ4n) is 4.47. The summed E-state index contributed by atoms with van der Waals surface area (Å²) < 4.78 is 61.8. The number of piperidine rings is 1. The van der Waals surface area contributed by atoms with Gasteiger partial charge in [-0.2, -0.15) is 18.2 Å². The van der Waals surface area contributed by atoms with Crippen molar-refractivity contribution in [2.45, 2.75) is 70.3 Å². The van der Waals surface area contributed by atoms with E-state index in [1.807, 2.05) is 0 Å². The maximum absolute atomic E-state index is 13.4. The second-order valence-corrected chi connectivity index (χ2v) is 10.3. The van der Waals surface area contributed by atoms with E-state index in [4.69, 9.17) is 16.3 Å². The quantitative estimate of drug-likeness (QED) is 0.330. The lowest BCUT2D eigenvalue weighted by molar-refractivity contribution is -0.159. The third-order valence-corrected chi connectivity index (χ3v) is 6.74. The molecule has 0 radical (unpaired) electrons. The minimum Gasteiger partial charge on any atom is -0.476 e. The average molecular weight is 570 g/mol. The number of ether oxygens (including phenoxy) is 1. The van der Waals surface area contributed by atoms with Crippen LogP contribution in [0.25, 0.3) is 11.4 Å². The topological polar surface area (TPSA) is 93.4 Å². The number of alkyl halides is 3. The van der Waals surface area contributed by atoms with Gasteiger partial charge in [0, 0.05) is 30.4 Å². The predicted octanol–water partition coefficient (Wildman–Crippen LogP) is 6.05. The van der Waals surface area contributed by atoms with Gasteiger partial charge < -0.3 is 19.5 Å². The molecule has 13 heteroatoms. The number of aromatic nitrogens is 3. The molecule has 0 saturated carbocycles. The first kappa shape index (κ1) is 28.6. The number of anilines is 1. The summed E-state index contributed by atoms with van der Waals surface area (Å²) in [6.07, 6.45) is -0.251. The normalized spacial score (nSPS) is 18.2. The molecule has 0 aliphatic carbocycles. The summed E-state index contributed by atoms with van der Waals surface area (Å²) in [7, 11) is 0. The van der Waals surface area contributed by atoms with Crippen molar-refractivity contribution in [3.8, 4) is 17.1 Å². The van der Waals surface area contributed by atoms with Crippen LogP contribution in [0.3, 0.4) is 0 Å². The van der Waals surface area contributed by atoms with Crippen LogP contribution >= 0.6 is 11.6 Å². The zero-order chi connectivity index (χ0) is 28.4. The Kier molecular flexibility index (Phi) is 8.34. The number of hydrogen-bond donors (Lipinski definition) is 1. The van der Waals surface area contributed by atoms with E-state index < -0.39 is 23.5 Å². The molecule has 2 atom stereocenters. The highest BCUT2D eigenvalue weighted by atomic mass is 35.5. The first-order valence-electron chi connectivity index (χ1n) is 12.5. The van der Waals surface area contributed by atoms with Crippen LogP contribution in [0.4, 0.5) is 23.4 Å². The summed E-state index contributed by atoms with van der Waals surface area (Å²) in [5, 5.41) is 6.54. The van der Waals surface area contributed by atoms with Crippen molar-refractivity contribution in [1.29, 1.82) is 0 Å². The van der Waals surface area contributed by atoms with Crippen molar-refractivity contribution < 1.29 is 31.6 Å². The van der Waals surface area contributed by atoms with Crippen molar-refractivity contribution in [3.05, 3.63) is 53.3 Å². The van der Waals surface area contributed by atoms with Crippen LogP contribution in [-0.2, 0) is 11.0 Å². The van der Waals surface area contributed by atoms with Gasteiger partial charge in [-0.1, -0.05) is 30.1 Å². The van der Waals surface area contributed by atoms with E-state index in [1.54, 1.807) is 26.0 Å². The third-order valence-electron chi connectivity index (χ3n) is 6.45. The number of pyridine rings is 1. The molecule has 0 bridgehead atoms. The monoisotopic (exact) mass is 569 g/mol. The van der Waals surface area contributed by atoms with E-state index in [0.717, 1.165) is 18.9 Å². The Bertz CT molecular complexity index is 1300. The fraction of sp³-hybridized carbons (Fsp3) is 0.462. The zero-order valence-electron chi connectivity index (χ0n) is 21.6. The van der Waals surface area contributed by atoms with Gasteiger partial charge in [-0.15, -0.1) is 0 Å². The molecule has 1 fully saturated rings. The Morgan fingerprint density at radius 2 is 2.03 bits per heavy atom. The zero-order valence-corrected chi connectivity index (χ0v) is 22.3. The minimum atomic E-state index is -4.72. The molecule has 39 heavy (non-hydrogen) atoms. The SMILES string of the molecule is CCCC1CC(NC(=O)C(C)(C)Oc2ccc(F)cc2Cl)CCN1c1ccc(-c2noc(C(F)(F)F)n2)cn1. The van der Waals surface area contributed by atoms with Gasteiger partial charge in [-0.25, -0.2) is 9.37 Å². The smallest absolute Gasteiger partial charge is 0.471 e. The summed E-state index contributed by atoms with van der Waals surface area (Å²) in [4.78, 5) is 23.1. The van der Waals surface area contributed by atoms with E-state index in [-0.39, 0.29) is 34.6 Å². The third kappa shape index (κ3) is 6.78. The molecule has 0 spiro atoms. The molecule has 3 aromatic rings. The molecule has 210 valence electrons. The fourth-order valence-corrected chi connectivity index (χ4v) is 4.68.